The minimum absolute atomic E-state index is 0.0537. The Balaban J connectivity index is 2.38. The summed E-state index contributed by atoms with van der Waals surface area (Å²) in [6.45, 7) is 4.97. The number of urea groups is 1. The molecule has 2 N–H and O–H groups in total. The van der Waals surface area contributed by atoms with Crippen LogP contribution < -0.4 is 5.32 Å². The predicted octanol–water partition coefficient (Wildman–Crippen LogP) is 0.410. The first-order chi connectivity index (χ1) is 10.7. The maximum Gasteiger partial charge on any atom is 0.317 e. The van der Waals surface area contributed by atoms with Gasteiger partial charge in [0.2, 0.25) is 10.0 Å². The molecule has 9 heteroatoms. The summed E-state index contributed by atoms with van der Waals surface area (Å²) >= 11 is 0. The summed E-state index contributed by atoms with van der Waals surface area (Å²) in [5, 5.41) is 11.8. The topological polar surface area (TPSA) is 107 Å². The first-order valence-electron chi connectivity index (χ1n) is 7.87. The Morgan fingerprint density at radius 2 is 2.00 bits per heavy atom. The van der Waals surface area contributed by atoms with E-state index >= 15 is 0 Å². The maximum atomic E-state index is 12.1. The number of carboxylic acids is 1. The molecule has 1 saturated heterocycles. The van der Waals surface area contributed by atoms with Crippen molar-refractivity contribution in [3.8, 4) is 0 Å². The van der Waals surface area contributed by atoms with Crippen molar-refractivity contribution in [2.24, 2.45) is 11.8 Å². The van der Waals surface area contributed by atoms with E-state index in [4.69, 9.17) is 5.11 Å². The Kier molecular flexibility index (Phi) is 7.27. The van der Waals surface area contributed by atoms with Crippen LogP contribution in [0.2, 0.25) is 0 Å². The van der Waals surface area contributed by atoms with E-state index in [2.05, 4.69) is 5.32 Å². The third kappa shape index (κ3) is 5.98. The Hall–Kier alpha value is -1.35. The second-order valence-electron chi connectivity index (χ2n) is 6.09. The summed E-state index contributed by atoms with van der Waals surface area (Å²) in [7, 11) is -1.68. The van der Waals surface area contributed by atoms with Gasteiger partial charge in [0.05, 0.1) is 11.7 Å². The Labute approximate surface area is 137 Å². The quantitative estimate of drug-likeness (QED) is 0.647. The van der Waals surface area contributed by atoms with Crippen LogP contribution in [0.4, 0.5) is 4.79 Å². The zero-order valence-electron chi connectivity index (χ0n) is 14.0. The normalized spacial score (nSPS) is 22.2. The highest BCUT2D eigenvalue weighted by Crippen LogP contribution is 2.21. The van der Waals surface area contributed by atoms with Crippen LogP contribution in [-0.4, -0.2) is 73.7 Å². The summed E-state index contributed by atoms with van der Waals surface area (Å²) in [6.07, 6.45) is 1.09. The molecule has 0 bridgehead atoms. The Bertz CT molecular complexity index is 523. The van der Waals surface area contributed by atoms with Gasteiger partial charge in [0, 0.05) is 33.2 Å². The molecule has 0 aromatic carbocycles. The molecule has 0 spiro atoms. The van der Waals surface area contributed by atoms with Gasteiger partial charge in [-0.1, -0.05) is 6.92 Å². The number of carboxylic acid groups (broad SMARTS) is 1. The van der Waals surface area contributed by atoms with E-state index in [1.165, 1.54) is 16.3 Å². The second kappa shape index (κ2) is 8.49. The van der Waals surface area contributed by atoms with Crippen molar-refractivity contribution >= 4 is 22.0 Å². The van der Waals surface area contributed by atoms with Crippen molar-refractivity contribution < 1.29 is 23.1 Å². The van der Waals surface area contributed by atoms with Crippen molar-refractivity contribution in [1.82, 2.24) is 14.5 Å². The molecule has 1 fully saturated rings. The van der Waals surface area contributed by atoms with Crippen LogP contribution in [0.15, 0.2) is 0 Å². The monoisotopic (exact) mass is 349 g/mol. The average Bonchev–Trinajstić information content (AvgIpc) is 2.50. The van der Waals surface area contributed by atoms with Gasteiger partial charge in [0.1, 0.15) is 0 Å². The number of nitrogens with zero attached hydrogens (tertiary/aromatic N) is 2. The van der Waals surface area contributed by atoms with Gasteiger partial charge in [-0.15, -0.1) is 0 Å². The van der Waals surface area contributed by atoms with Crippen LogP contribution in [0.5, 0.6) is 0 Å². The number of nitrogens with one attached hydrogen (secondary N) is 1. The minimum atomic E-state index is -3.20. The fourth-order valence-corrected chi connectivity index (χ4v) is 3.51. The Morgan fingerprint density at radius 3 is 2.57 bits per heavy atom. The van der Waals surface area contributed by atoms with Gasteiger partial charge < -0.3 is 15.3 Å². The molecule has 0 aromatic rings. The van der Waals surface area contributed by atoms with Crippen molar-refractivity contribution in [2.45, 2.75) is 26.7 Å². The predicted molar refractivity (Wildman–Crippen MR) is 86.6 cm³/mol. The Morgan fingerprint density at radius 1 is 1.35 bits per heavy atom. The number of carbonyl (C=O) groups excluding carboxylic acids is 1. The lowest BCUT2D eigenvalue weighted by Crippen LogP contribution is -2.49. The molecule has 0 aliphatic carbocycles. The molecular formula is C14H27N3O5S. The van der Waals surface area contributed by atoms with E-state index in [0.717, 1.165) is 0 Å². The summed E-state index contributed by atoms with van der Waals surface area (Å²) in [6, 6.07) is -0.288. The maximum absolute atomic E-state index is 12.1. The van der Waals surface area contributed by atoms with Gasteiger partial charge in [-0.25, -0.2) is 17.5 Å². The molecule has 1 rings (SSSR count). The molecule has 2 atom stereocenters. The van der Waals surface area contributed by atoms with Crippen LogP contribution in [0.3, 0.4) is 0 Å². The molecule has 2 unspecified atom stereocenters. The largest absolute Gasteiger partial charge is 0.481 e. The summed E-state index contributed by atoms with van der Waals surface area (Å²) < 4.78 is 24.5. The van der Waals surface area contributed by atoms with Crippen LogP contribution in [0.1, 0.15) is 26.7 Å². The number of sulfonamides is 1. The van der Waals surface area contributed by atoms with Crippen LogP contribution in [-0.2, 0) is 14.8 Å². The number of likely N-dealkylation sites (tertiary alicyclic amines) is 1. The molecule has 0 aromatic heterocycles. The number of hydrogen-bond donors (Lipinski definition) is 2. The van der Waals surface area contributed by atoms with Gasteiger partial charge in [0.15, 0.2) is 0 Å². The number of hydrogen-bond acceptors (Lipinski definition) is 4. The zero-order chi connectivity index (χ0) is 17.6. The van der Waals surface area contributed by atoms with Crippen LogP contribution in [0, 0.1) is 11.8 Å². The lowest BCUT2D eigenvalue weighted by Gasteiger charge is -2.34. The lowest BCUT2D eigenvalue weighted by molar-refractivity contribution is -0.143. The van der Waals surface area contributed by atoms with Gasteiger partial charge >= 0.3 is 12.0 Å². The molecule has 0 saturated carbocycles. The molecule has 1 aliphatic rings. The highest BCUT2D eigenvalue weighted by atomic mass is 32.2. The van der Waals surface area contributed by atoms with Crippen LogP contribution >= 0.6 is 0 Å². The number of piperidine rings is 1. The molecule has 134 valence electrons. The molecular weight excluding hydrogens is 322 g/mol. The van der Waals surface area contributed by atoms with Crippen molar-refractivity contribution in [3.63, 3.8) is 0 Å². The third-order valence-corrected chi connectivity index (χ3v) is 5.92. The fraction of sp³-hybridized carbons (Fsp3) is 0.857. The number of amides is 2. The van der Waals surface area contributed by atoms with E-state index in [1.54, 1.807) is 6.92 Å². The highest BCUT2D eigenvalue weighted by Gasteiger charge is 2.31. The minimum Gasteiger partial charge on any atom is -0.481 e. The highest BCUT2D eigenvalue weighted by molar-refractivity contribution is 7.89. The van der Waals surface area contributed by atoms with Crippen molar-refractivity contribution in [3.05, 3.63) is 0 Å². The molecule has 0 radical (unpaired) electrons. The molecule has 1 heterocycles. The number of aliphatic carboxylic acids is 1. The van der Waals surface area contributed by atoms with E-state index < -0.39 is 21.9 Å². The summed E-state index contributed by atoms with van der Waals surface area (Å²) in [5.41, 5.74) is 0. The van der Waals surface area contributed by atoms with Gasteiger partial charge in [-0.05, 0) is 25.7 Å². The van der Waals surface area contributed by atoms with Crippen LogP contribution in [0.25, 0.3) is 0 Å². The standard InChI is InChI=1S/C14H27N3O5S/c1-4-23(21,22)16(3)7-5-6-15-14(20)17-9-11(2)8-12(10-17)13(18)19/h11-12H,4-10H2,1-3H3,(H,15,20)(H,18,19). The third-order valence-electron chi connectivity index (χ3n) is 4.06. The SMILES string of the molecule is CCS(=O)(=O)N(C)CCCNC(=O)N1CC(C)CC(C(=O)O)C1. The summed E-state index contributed by atoms with van der Waals surface area (Å²) in [4.78, 5) is 24.7. The summed E-state index contributed by atoms with van der Waals surface area (Å²) in [5.74, 6) is -1.19. The molecule has 23 heavy (non-hydrogen) atoms. The van der Waals surface area contributed by atoms with E-state index in [0.29, 0.717) is 32.5 Å². The second-order valence-corrected chi connectivity index (χ2v) is 8.45. The van der Waals surface area contributed by atoms with Gasteiger partial charge in [0.25, 0.3) is 0 Å². The molecule has 2 amide bonds. The molecule has 8 nitrogen and oxygen atoms in total. The zero-order valence-corrected chi connectivity index (χ0v) is 14.8. The van der Waals surface area contributed by atoms with E-state index in [-0.39, 0.29) is 24.2 Å². The van der Waals surface area contributed by atoms with Gasteiger partial charge in [-0.2, -0.15) is 0 Å². The van der Waals surface area contributed by atoms with E-state index in [9.17, 15) is 18.0 Å². The first kappa shape index (κ1) is 19.7. The van der Waals surface area contributed by atoms with Crippen molar-refractivity contribution in [1.29, 1.82) is 0 Å². The lowest BCUT2D eigenvalue weighted by atomic mass is 9.91. The number of rotatable bonds is 7. The van der Waals surface area contributed by atoms with Crippen molar-refractivity contribution in [2.75, 3.05) is 39.0 Å². The first-order valence-corrected chi connectivity index (χ1v) is 9.47. The molecule has 1 aliphatic heterocycles. The number of carbonyl (C=O) groups is 2. The van der Waals surface area contributed by atoms with E-state index in [1.807, 2.05) is 6.92 Å². The smallest absolute Gasteiger partial charge is 0.317 e. The van der Waals surface area contributed by atoms with Gasteiger partial charge in [-0.3, -0.25) is 4.79 Å². The average molecular weight is 349 g/mol. The fourth-order valence-electron chi connectivity index (χ4n) is 2.66.